The van der Waals surface area contributed by atoms with Gasteiger partial charge in [-0.2, -0.15) is 0 Å². The molecule has 2 rings (SSSR count). The maximum Gasteiger partial charge on any atom is 0.251 e. The minimum Gasteiger partial charge on any atom is -0.493 e. The van der Waals surface area contributed by atoms with Crippen LogP contribution < -0.4 is 20.1 Å². The molecular weight excluding hydrogens is 351 g/mol. The lowest BCUT2D eigenvalue weighted by Gasteiger charge is -2.16. The Balaban J connectivity index is 0.00000288. The van der Waals surface area contributed by atoms with E-state index >= 15 is 0 Å². The molecule has 0 saturated heterocycles. The number of hydrogen-bond donors (Lipinski definition) is 2. The summed E-state index contributed by atoms with van der Waals surface area (Å²) in [5, 5.41) is 6.54. The maximum absolute atomic E-state index is 12.3. The standard InChI is InChI=1S/C17H23ClN2O3.ClH/c1-3-8-23-16-14(18)9-13(10-15(16)22-2)17(21)20-11-12-4-6-19-7-5-12;/h4,9-10,19H,3,5-8,11H2,1-2H3,(H,20,21);1H. The molecule has 1 aliphatic rings. The van der Waals surface area contributed by atoms with E-state index in [2.05, 4.69) is 16.7 Å². The first kappa shape index (κ1) is 20.6. The maximum atomic E-state index is 12.3. The molecule has 0 spiro atoms. The number of rotatable bonds is 7. The van der Waals surface area contributed by atoms with E-state index in [1.165, 1.54) is 12.7 Å². The van der Waals surface area contributed by atoms with Crippen molar-refractivity contribution < 1.29 is 14.3 Å². The van der Waals surface area contributed by atoms with E-state index in [4.69, 9.17) is 21.1 Å². The second-order valence-electron chi connectivity index (χ2n) is 5.34. The minimum atomic E-state index is -0.174. The van der Waals surface area contributed by atoms with Crippen molar-refractivity contribution in [3.63, 3.8) is 0 Å². The van der Waals surface area contributed by atoms with Gasteiger partial charge in [-0.3, -0.25) is 4.79 Å². The van der Waals surface area contributed by atoms with Crippen molar-refractivity contribution in [3.8, 4) is 11.5 Å². The molecule has 1 aliphatic heterocycles. The van der Waals surface area contributed by atoms with Crippen molar-refractivity contribution >= 4 is 29.9 Å². The average Bonchev–Trinajstić information content (AvgIpc) is 2.58. The molecule has 0 fully saturated rings. The van der Waals surface area contributed by atoms with Gasteiger partial charge in [0.25, 0.3) is 5.91 Å². The molecule has 1 aromatic rings. The summed E-state index contributed by atoms with van der Waals surface area (Å²) >= 11 is 6.24. The number of carbonyl (C=O) groups is 1. The van der Waals surface area contributed by atoms with Gasteiger partial charge in [0.1, 0.15) is 0 Å². The fourth-order valence-electron chi connectivity index (χ4n) is 2.32. The lowest BCUT2D eigenvalue weighted by atomic mass is 10.1. The van der Waals surface area contributed by atoms with Gasteiger partial charge in [0.05, 0.1) is 18.7 Å². The highest BCUT2D eigenvalue weighted by atomic mass is 35.5. The van der Waals surface area contributed by atoms with Gasteiger partial charge < -0.3 is 20.1 Å². The molecule has 0 atom stereocenters. The van der Waals surface area contributed by atoms with Crippen LogP contribution >= 0.6 is 24.0 Å². The number of halogens is 2. The smallest absolute Gasteiger partial charge is 0.251 e. The summed E-state index contributed by atoms with van der Waals surface area (Å²) < 4.78 is 10.9. The van der Waals surface area contributed by atoms with Crippen molar-refractivity contribution in [2.75, 3.05) is 33.4 Å². The zero-order chi connectivity index (χ0) is 16.7. The number of carbonyl (C=O) groups excluding carboxylic acids is 1. The Morgan fingerprint density at radius 1 is 1.42 bits per heavy atom. The third kappa shape index (κ3) is 5.58. The van der Waals surface area contributed by atoms with E-state index in [0.29, 0.717) is 35.2 Å². The summed E-state index contributed by atoms with van der Waals surface area (Å²) in [6, 6.07) is 3.27. The van der Waals surface area contributed by atoms with E-state index in [0.717, 1.165) is 25.9 Å². The summed E-state index contributed by atoms with van der Waals surface area (Å²) in [6.45, 7) is 4.91. The molecule has 0 saturated carbocycles. The van der Waals surface area contributed by atoms with Crippen LogP contribution in [0.3, 0.4) is 0 Å². The highest BCUT2D eigenvalue weighted by molar-refractivity contribution is 6.32. The topological polar surface area (TPSA) is 59.6 Å². The van der Waals surface area contributed by atoms with Crippen LogP contribution in [0.1, 0.15) is 30.1 Å². The Bertz CT molecular complexity index is 591. The van der Waals surface area contributed by atoms with E-state index in [1.807, 2.05) is 6.92 Å². The highest BCUT2D eigenvalue weighted by Gasteiger charge is 2.16. The first-order valence-electron chi connectivity index (χ1n) is 7.82. The van der Waals surface area contributed by atoms with Gasteiger partial charge >= 0.3 is 0 Å². The highest BCUT2D eigenvalue weighted by Crippen LogP contribution is 2.36. The molecule has 0 aliphatic carbocycles. The van der Waals surface area contributed by atoms with Crippen molar-refractivity contribution in [3.05, 3.63) is 34.4 Å². The number of benzene rings is 1. The van der Waals surface area contributed by atoms with Gasteiger partial charge in [0.15, 0.2) is 11.5 Å². The third-order valence-corrected chi connectivity index (χ3v) is 3.86. The molecule has 0 radical (unpaired) electrons. The number of hydrogen-bond acceptors (Lipinski definition) is 4. The molecule has 134 valence electrons. The van der Waals surface area contributed by atoms with Gasteiger partial charge in [0, 0.05) is 18.7 Å². The monoisotopic (exact) mass is 374 g/mol. The molecule has 1 amide bonds. The Kier molecular flexibility index (Phi) is 8.97. The predicted molar refractivity (Wildman–Crippen MR) is 98.9 cm³/mol. The summed E-state index contributed by atoms with van der Waals surface area (Å²) in [4.78, 5) is 12.3. The summed E-state index contributed by atoms with van der Waals surface area (Å²) in [6.07, 6.45) is 3.93. The lowest BCUT2D eigenvalue weighted by molar-refractivity contribution is 0.0956. The Morgan fingerprint density at radius 2 is 2.21 bits per heavy atom. The third-order valence-electron chi connectivity index (χ3n) is 3.58. The van der Waals surface area contributed by atoms with Crippen molar-refractivity contribution in [1.29, 1.82) is 0 Å². The van der Waals surface area contributed by atoms with Gasteiger partial charge in [-0.05, 0) is 31.5 Å². The van der Waals surface area contributed by atoms with Crippen LogP contribution in [0.25, 0.3) is 0 Å². The molecule has 0 aromatic heterocycles. The Hall–Kier alpha value is -1.43. The zero-order valence-electron chi connectivity index (χ0n) is 14.0. The first-order chi connectivity index (χ1) is 11.2. The minimum absolute atomic E-state index is 0. The Morgan fingerprint density at radius 3 is 2.83 bits per heavy atom. The second-order valence-corrected chi connectivity index (χ2v) is 5.74. The largest absolute Gasteiger partial charge is 0.493 e. The molecular formula is C17H24Cl2N2O3. The SMILES string of the molecule is CCCOc1c(Cl)cc(C(=O)NCC2=CCNCC2)cc1OC.Cl. The van der Waals surface area contributed by atoms with Crippen LogP contribution in [0, 0.1) is 0 Å². The van der Waals surface area contributed by atoms with E-state index in [9.17, 15) is 4.79 Å². The van der Waals surface area contributed by atoms with Crippen LogP contribution in [0.15, 0.2) is 23.8 Å². The molecule has 7 heteroatoms. The lowest BCUT2D eigenvalue weighted by Crippen LogP contribution is -2.29. The normalized spacial score (nSPS) is 13.5. The molecule has 2 N–H and O–H groups in total. The quantitative estimate of drug-likeness (QED) is 0.719. The predicted octanol–water partition coefficient (Wildman–Crippen LogP) is 3.21. The van der Waals surface area contributed by atoms with Crippen LogP contribution in [0.5, 0.6) is 11.5 Å². The summed E-state index contributed by atoms with van der Waals surface area (Å²) in [7, 11) is 1.53. The molecule has 5 nitrogen and oxygen atoms in total. The van der Waals surface area contributed by atoms with Gasteiger partial charge in [-0.1, -0.05) is 30.2 Å². The zero-order valence-corrected chi connectivity index (χ0v) is 15.6. The van der Waals surface area contributed by atoms with Gasteiger partial charge in [0.2, 0.25) is 0 Å². The van der Waals surface area contributed by atoms with E-state index < -0.39 is 0 Å². The van der Waals surface area contributed by atoms with E-state index in [1.54, 1.807) is 12.1 Å². The van der Waals surface area contributed by atoms with Crippen molar-refractivity contribution in [2.45, 2.75) is 19.8 Å². The molecule has 24 heavy (non-hydrogen) atoms. The number of ether oxygens (including phenoxy) is 2. The van der Waals surface area contributed by atoms with Gasteiger partial charge in [-0.15, -0.1) is 12.4 Å². The fourth-order valence-corrected chi connectivity index (χ4v) is 2.59. The number of nitrogens with one attached hydrogen (secondary N) is 2. The first-order valence-corrected chi connectivity index (χ1v) is 8.20. The summed E-state index contributed by atoms with van der Waals surface area (Å²) in [5.41, 5.74) is 1.70. The van der Waals surface area contributed by atoms with Crippen LogP contribution in [0.2, 0.25) is 5.02 Å². The van der Waals surface area contributed by atoms with Crippen molar-refractivity contribution in [2.24, 2.45) is 0 Å². The van der Waals surface area contributed by atoms with Crippen LogP contribution in [0.4, 0.5) is 0 Å². The number of methoxy groups -OCH3 is 1. The van der Waals surface area contributed by atoms with E-state index in [-0.39, 0.29) is 18.3 Å². The second kappa shape index (κ2) is 10.4. The van der Waals surface area contributed by atoms with Crippen LogP contribution in [-0.2, 0) is 0 Å². The molecule has 1 heterocycles. The Labute approximate surface area is 154 Å². The molecule has 0 bridgehead atoms. The van der Waals surface area contributed by atoms with Gasteiger partial charge in [-0.25, -0.2) is 0 Å². The average molecular weight is 375 g/mol. The molecule has 0 unspecified atom stereocenters. The molecule has 1 aromatic carbocycles. The van der Waals surface area contributed by atoms with Crippen LogP contribution in [-0.4, -0.2) is 39.3 Å². The fraction of sp³-hybridized carbons (Fsp3) is 0.471. The summed E-state index contributed by atoms with van der Waals surface area (Å²) in [5.74, 6) is 0.775. The van der Waals surface area contributed by atoms with Crippen molar-refractivity contribution in [1.82, 2.24) is 10.6 Å². The number of amides is 1.